The lowest BCUT2D eigenvalue weighted by atomic mass is 9.73. The Hall–Kier alpha value is -2.22. The number of anilines is 2. The average molecular weight is 412 g/mol. The summed E-state index contributed by atoms with van der Waals surface area (Å²) in [6.07, 6.45) is -2.74. The fourth-order valence-electron chi connectivity index (χ4n) is 3.70. The molecule has 0 fully saturated rings. The third-order valence-electron chi connectivity index (χ3n) is 5.27. The summed E-state index contributed by atoms with van der Waals surface area (Å²) in [5.74, 6) is 0. The van der Waals surface area contributed by atoms with Gasteiger partial charge >= 0.3 is 6.18 Å². The van der Waals surface area contributed by atoms with Crippen LogP contribution < -0.4 is 9.62 Å². The van der Waals surface area contributed by atoms with Crippen LogP contribution in [0.4, 0.5) is 24.5 Å². The monoisotopic (exact) mass is 412 g/mol. The standard InChI is InChI=1S/C20H23F3N2O2S/c1-19(2)12-17(14-7-5-6-8-18(14)25(3)28(4,26)27)24-16-10-9-13(11-15(16)19)20(21,22)23/h5-11,17,24H,12H2,1-4H3. The number of alkyl halides is 3. The molecule has 1 N–H and O–H groups in total. The third kappa shape index (κ3) is 3.83. The number of sulfonamides is 1. The predicted octanol–water partition coefficient (Wildman–Crippen LogP) is 4.94. The number of fused-ring (bicyclic) bond motifs is 1. The molecule has 1 aliphatic rings. The van der Waals surface area contributed by atoms with Crippen molar-refractivity contribution in [1.29, 1.82) is 0 Å². The molecule has 0 bridgehead atoms. The molecule has 0 saturated heterocycles. The quantitative estimate of drug-likeness (QED) is 0.777. The molecule has 0 aliphatic carbocycles. The summed E-state index contributed by atoms with van der Waals surface area (Å²) in [5.41, 5.74) is 1.38. The van der Waals surface area contributed by atoms with Crippen LogP contribution >= 0.6 is 0 Å². The maximum atomic E-state index is 13.1. The Morgan fingerprint density at radius 1 is 1.14 bits per heavy atom. The molecule has 0 aromatic heterocycles. The van der Waals surface area contributed by atoms with Gasteiger partial charge in [-0.15, -0.1) is 0 Å². The Morgan fingerprint density at radius 3 is 2.39 bits per heavy atom. The highest BCUT2D eigenvalue weighted by atomic mass is 32.2. The highest BCUT2D eigenvalue weighted by Gasteiger charge is 2.38. The molecule has 0 spiro atoms. The van der Waals surface area contributed by atoms with Crippen LogP contribution in [0.25, 0.3) is 0 Å². The molecule has 0 saturated carbocycles. The van der Waals surface area contributed by atoms with Gasteiger partial charge in [-0.05, 0) is 47.2 Å². The number of nitrogens with zero attached hydrogens (tertiary/aromatic N) is 1. The van der Waals surface area contributed by atoms with Gasteiger partial charge in [0.15, 0.2) is 0 Å². The lowest BCUT2D eigenvalue weighted by Gasteiger charge is -2.40. The molecule has 28 heavy (non-hydrogen) atoms. The Morgan fingerprint density at radius 2 is 1.79 bits per heavy atom. The van der Waals surface area contributed by atoms with Crippen LogP contribution in [-0.2, 0) is 21.6 Å². The minimum absolute atomic E-state index is 0.236. The Bertz CT molecular complexity index is 1000. The maximum Gasteiger partial charge on any atom is 0.416 e. The van der Waals surface area contributed by atoms with Crippen molar-refractivity contribution in [2.24, 2.45) is 0 Å². The van der Waals surface area contributed by atoms with Crippen LogP contribution in [0.3, 0.4) is 0 Å². The smallest absolute Gasteiger partial charge is 0.378 e. The van der Waals surface area contributed by atoms with E-state index in [0.29, 0.717) is 23.4 Å². The number of nitrogens with one attached hydrogen (secondary N) is 1. The van der Waals surface area contributed by atoms with Crippen LogP contribution in [0.5, 0.6) is 0 Å². The van der Waals surface area contributed by atoms with Gasteiger partial charge < -0.3 is 5.32 Å². The van der Waals surface area contributed by atoms with E-state index in [2.05, 4.69) is 5.32 Å². The first-order valence-electron chi connectivity index (χ1n) is 8.82. The molecule has 1 heterocycles. The van der Waals surface area contributed by atoms with Gasteiger partial charge in [-0.3, -0.25) is 4.31 Å². The highest BCUT2D eigenvalue weighted by Crippen LogP contribution is 2.47. The van der Waals surface area contributed by atoms with E-state index >= 15 is 0 Å². The van der Waals surface area contributed by atoms with Crippen molar-refractivity contribution in [3.05, 3.63) is 59.2 Å². The van der Waals surface area contributed by atoms with Gasteiger partial charge in [0.2, 0.25) is 10.0 Å². The summed E-state index contributed by atoms with van der Waals surface area (Å²) in [7, 11) is -1.96. The van der Waals surface area contributed by atoms with Gasteiger partial charge in [0, 0.05) is 12.7 Å². The lowest BCUT2D eigenvalue weighted by Crippen LogP contribution is -2.33. The number of benzene rings is 2. The maximum absolute atomic E-state index is 13.1. The van der Waals surface area contributed by atoms with E-state index < -0.39 is 27.2 Å². The van der Waals surface area contributed by atoms with Gasteiger partial charge in [0.1, 0.15) is 0 Å². The van der Waals surface area contributed by atoms with Crippen LogP contribution in [0.15, 0.2) is 42.5 Å². The fraction of sp³-hybridized carbons (Fsp3) is 0.400. The SMILES string of the molecule is CN(c1ccccc1C1CC(C)(C)c2cc(C(F)(F)F)ccc2N1)S(C)(=O)=O. The summed E-state index contributed by atoms with van der Waals surface area (Å²) >= 11 is 0. The molecular formula is C20H23F3N2O2S. The van der Waals surface area contributed by atoms with Gasteiger partial charge in [0.05, 0.1) is 23.5 Å². The number of para-hydroxylation sites is 1. The zero-order valence-electron chi connectivity index (χ0n) is 16.1. The number of rotatable bonds is 3. The minimum Gasteiger partial charge on any atom is -0.378 e. The van der Waals surface area contributed by atoms with Gasteiger partial charge in [0.25, 0.3) is 0 Å². The second-order valence-corrected chi connectivity index (χ2v) is 9.85. The van der Waals surface area contributed by atoms with Crippen molar-refractivity contribution in [3.63, 3.8) is 0 Å². The van der Waals surface area contributed by atoms with Crippen molar-refractivity contribution in [3.8, 4) is 0 Å². The Kier molecular flexibility index (Phi) is 4.90. The summed E-state index contributed by atoms with van der Waals surface area (Å²) in [4.78, 5) is 0. The molecule has 4 nitrogen and oxygen atoms in total. The molecule has 152 valence electrons. The predicted molar refractivity (Wildman–Crippen MR) is 105 cm³/mol. The molecule has 2 aromatic carbocycles. The molecule has 2 aromatic rings. The van der Waals surface area contributed by atoms with E-state index in [1.54, 1.807) is 12.1 Å². The largest absolute Gasteiger partial charge is 0.416 e. The summed E-state index contributed by atoms with van der Waals surface area (Å²) in [6, 6.07) is 10.7. The zero-order valence-corrected chi connectivity index (χ0v) is 16.9. The molecular weight excluding hydrogens is 389 g/mol. The number of hydrogen-bond donors (Lipinski definition) is 1. The third-order valence-corrected chi connectivity index (χ3v) is 6.46. The first-order chi connectivity index (χ1) is 12.8. The van der Waals surface area contributed by atoms with Crippen molar-refractivity contribution in [1.82, 2.24) is 0 Å². The van der Waals surface area contributed by atoms with E-state index in [1.165, 1.54) is 23.5 Å². The topological polar surface area (TPSA) is 49.4 Å². The summed E-state index contributed by atoms with van der Waals surface area (Å²) in [5, 5.41) is 3.31. The molecule has 0 radical (unpaired) electrons. The van der Waals surface area contributed by atoms with E-state index in [-0.39, 0.29) is 6.04 Å². The normalized spacial score (nSPS) is 18.9. The molecule has 0 amide bonds. The van der Waals surface area contributed by atoms with Crippen LogP contribution in [0.2, 0.25) is 0 Å². The molecule has 8 heteroatoms. The van der Waals surface area contributed by atoms with Crippen molar-refractivity contribution >= 4 is 21.4 Å². The summed E-state index contributed by atoms with van der Waals surface area (Å²) in [6.45, 7) is 3.81. The highest BCUT2D eigenvalue weighted by molar-refractivity contribution is 7.92. The molecule has 3 rings (SSSR count). The average Bonchev–Trinajstić information content (AvgIpc) is 2.58. The van der Waals surface area contributed by atoms with Crippen LogP contribution in [-0.4, -0.2) is 21.7 Å². The Labute approximate surface area is 163 Å². The molecule has 1 aliphatic heterocycles. The van der Waals surface area contributed by atoms with E-state index in [0.717, 1.165) is 17.9 Å². The number of halogens is 3. The van der Waals surface area contributed by atoms with E-state index in [9.17, 15) is 21.6 Å². The second-order valence-electron chi connectivity index (χ2n) is 7.83. The van der Waals surface area contributed by atoms with Crippen molar-refractivity contribution in [2.75, 3.05) is 22.9 Å². The van der Waals surface area contributed by atoms with Crippen molar-refractivity contribution in [2.45, 2.75) is 37.9 Å². The zero-order chi connectivity index (χ0) is 20.9. The fourth-order valence-corrected chi connectivity index (χ4v) is 4.22. The van der Waals surface area contributed by atoms with Crippen LogP contribution in [0, 0.1) is 0 Å². The van der Waals surface area contributed by atoms with Crippen molar-refractivity contribution < 1.29 is 21.6 Å². The van der Waals surface area contributed by atoms with Gasteiger partial charge in [-0.2, -0.15) is 13.2 Å². The Balaban J connectivity index is 2.05. The summed E-state index contributed by atoms with van der Waals surface area (Å²) < 4.78 is 64.6. The molecule has 1 unspecified atom stereocenters. The lowest BCUT2D eigenvalue weighted by molar-refractivity contribution is -0.137. The van der Waals surface area contributed by atoms with Gasteiger partial charge in [-0.1, -0.05) is 32.0 Å². The van der Waals surface area contributed by atoms with Crippen LogP contribution in [0.1, 0.15) is 43.0 Å². The first kappa shape index (κ1) is 20.5. The second kappa shape index (κ2) is 6.69. The minimum atomic E-state index is -4.40. The van der Waals surface area contributed by atoms with E-state index in [4.69, 9.17) is 0 Å². The first-order valence-corrected chi connectivity index (χ1v) is 10.7. The number of hydrogen-bond acceptors (Lipinski definition) is 3. The van der Waals surface area contributed by atoms with E-state index in [1.807, 2.05) is 26.0 Å². The van der Waals surface area contributed by atoms with Gasteiger partial charge in [-0.25, -0.2) is 8.42 Å². The molecule has 1 atom stereocenters.